The van der Waals surface area contributed by atoms with Crippen molar-refractivity contribution in [1.82, 2.24) is 9.55 Å². The second-order valence-electron chi connectivity index (χ2n) is 5.97. The van der Waals surface area contributed by atoms with E-state index in [9.17, 15) is 19.2 Å². The minimum Gasteiger partial charge on any atom is -0.366 e. The van der Waals surface area contributed by atoms with Crippen LogP contribution in [0.1, 0.15) is 29.7 Å². The number of primary amides is 1. The van der Waals surface area contributed by atoms with Gasteiger partial charge in [0.05, 0.1) is 22.2 Å². The Morgan fingerprint density at radius 1 is 1.11 bits per heavy atom. The lowest BCUT2D eigenvalue weighted by Gasteiger charge is -2.18. The molecule has 1 atom stereocenters. The van der Waals surface area contributed by atoms with E-state index in [2.05, 4.69) is 10.3 Å². The van der Waals surface area contributed by atoms with Gasteiger partial charge in [0.2, 0.25) is 5.91 Å². The standard InChI is InChI=1S/C19H18N4O4/c1-2-15(17(25)21-13-9-5-3-7-11(13)16(20)24)23-18(26)12-8-4-6-10-14(12)22-19(23)27/h3-10,15H,2H2,1H3,(H2,20,24)(H,21,25)(H,22,27). The second-order valence-corrected chi connectivity index (χ2v) is 5.97. The summed E-state index contributed by atoms with van der Waals surface area (Å²) in [6.45, 7) is 1.69. The van der Waals surface area contributed by atoms with E-state index < -0.39 is 29.1 Å². The van der Waals surface area contributed by atoms with Crippen LogP contribution in [0.2, 0.25) is 0 Å². The average Bonchev–Trinajstić information content (AvgIpc) is 2.65. The van der Waals surface area contributed by atoms with E-state index in [0.717, 1.165) is 4.57 Å². The molecular weight excluding hydrogens is 348 g/mol. The summed E-state index contributed by atoms with van der Waals surface area (Å²) in [6.07, 6.45) is 0.200. The number of benzene rings is 2. The van der Waals surface area contributed by atoms with E-state index in [1.807, 2.05) is 0 Å². The van der Waals surface area contributed by atoms with Crippen LogP contribution in [0.4, 0.5) is 5.69 Å². The van der Waals surface area contributed by atoms with Crippen LogP contribution in [-0.2, 0) is 4.79 Å². The van der Waals surface area contributed by atoms with Gasteiger partial charge in [-0.1, -0.05) is 31.2 Å². The van der Waals surface area contributed by atoms with E-state index in [1.54, 1.807) is 43.3 Å². The highest BCUT2D eigenvalue weighted by atomic mass is 16.2. The van der Waals surface area contributed by atoms with E-state index in [-0.39, 0.29) is 17.7 Å². The largest absolute Gasteiger partial charge is 0.366 e. The first-order valence-corrected chi connectivity index (χ1v) is 8.37. The summed E-state index contributed by atoms with van der Waals surface area (Å²) in [5.74, 6) is -1.28. The number of para-hydroxylation sites is 2. The Morgan fingerprint density at radius 2 is 1.78 bits per heavy atom. The Morgan fingerprint density at radius 3 is 2.48 bits per heavy atom. The number of nitrogens with one attached hydrogen (secondary N) is 2. The van der Waals surface area contributed by atoms with Gasteiger partial charge in [-0.25, -0.2) is 9.36 Å². The Kier molecular flexibility index (Phi) is 4.89. The molecule has 0 aliphatic rings. The maximum absolute atomic E-state index is 12.8. The Balaban J connectivity index is 2.05. The predicted octanol–water partition coefficient (Wildman–Crippen LogP) is 1.38. The molecule has 8 nitrogen and oxygen atoms in total. The third-order valence-electron chi connectivity index (χ3n) is 4.29. The topological polar surface area (TPSA) is 127 Å². The summed E-state index contributed by atoms with van der Waals surface area (Å²) in [5.41, 5.74) is 4.85. The lowest BCUT2D eigenvalue weighted by molar-refractivity contribution is -0.119. The zero-order valence-electron chi connectivity index (χ0n) is 14.6. The van der Waals surface area contributed by atoms with E-state index in [1.165, 1.54) is 12.1 Å². The van der Waals surface area contributed by atoms with Crippen LogP contribution in [-0.4, -0.2) is 21.4 Å². The summed E-state index contributed by atoms with van der Waals surface area (Å²) in [5, 5.41) is 2.90. The highest BCUT2D eigenvalue weighted by Crippen LogP contribution is 2.18. The zero-order chi connectivity index (χ0) is 19.6. The Labute approximate surface area is 153 Å². The lowest BCUT2D eigenvalue weighted by atomic mass is 10.1. The molecule has 27 heavy (non-hydrogen) atoms. The van der Waals surface area contributed by atoms with Gasteiger partial charge in [-0.15, -0.1) is 0 Å². The Hall–Kier alpha value is -3.68. The molecule has 1 heterocycles. The van der Waals surface area contributed by atoms with Crippen molar-refractivity contribution < 1.29 is 9.59 Å². The number of nitrogens with zero attached hydrogens (tertiary/aromatic N) is 1. The highest BCUT2D eigenvalue weighted by molar-refractivity contribution is 6.03. The minimum atomic E-state index is -1.05. The van der Waals surface area contributed by atoms with Crippen molar-refractivity contribution in [3.8, 4) is 0 Å². The molecule has 0 fully saturated rings. The summed E-state index contributed by atoms with van der Waals surface area (Å²) in [4.78, 5) is 52.1. The van der Waals surface area contributed by atoms with Gasteiger partial charge >= 0.3 is 5.69 Å². The van der Waals surface area contributed by atoms with E-state index in [0.29, 0.717) is 10.9 Å². The molecule has 0 bridgehead atoms. The van der Waals surface area contributed by atoms with Crippen LogP contribution in [0.25, 0.3) is 10.9 Å². The van der Waals surface area contributed by atoms with Crippen LogP contribution in [0, 0.1) is 0 Å². The third-order valence-corrected chi connectivity index (χ3v) is 4.29. The fraction of sp³-hybridized carbons (Fsp3) is 0.158. The number of carbonyl (C=O) groups excluding carboxylic acids is 2. The normalized spacial score (nSPS) is 11.9. The van der Waals surface area contributed by atoms with Crippen LogP contribution in [0.5, 0.6) is 0 Å². The smallest absolute Gasteiger partial charge is 0.329 e. The fourth-order valence-corrected chi connectivity index (χ4v) is 2.97. The van der Waals surface area contributed by atoms with Crippen LogP contribution < -0.4 is 22.3 Å². The molecule has 1 aromatic heterocycles. The molecule has 2 amide bonds. The summed E-state index contributed by atoms with van der Waals surface area (Å²) in [6, 6.07) is 11.8. The van der Waals surface area contributed by atoms with Crippen molar-refractivity contribution in [3.05, 3.63) is 74.9 Å². The summed E-state index contributed by atoms with van der Waals surface area (Å²) < 4.78 is 0.893. The number of aromatic amines is 1. The highest BCUT2D eigenvalue weighted by Gasteiger charge is 2.24. The number of H-pyrrole nitrogens is 1. The van der Waals surface area contributed by atoms with Gasteiger partial charge in [0.25, 0.3) is 11.5 Å². The molecule has 0 spiro atoms. The lowest BCUT2D eigenvalue weighted by Crippen LogP contribution is -2.42. The number of anilines is 1. The molecule has 0 saturated carbocycles. The number of rotatable bonds is 5. The first-order valence-electron chi connectivity index (χ1n) is 8.37. The predicted molar refractivity (Wildman–Crippen MR) is 102 cm³/mol. The minimum absolute atomic E-state index is 0.139. The van der Waals surface area contributed by atoms with Gasteiger partial charge in [0.15, 0.2) is 0 Å². The number of nitrogens with two attached hydrogens (primary N) is 1. The quantitative estimate of drug-likeness (QED) is 0.630. The Bertz CT molecular complexity index is 1150. The van der Waals surface area contributed by atoms with Crippen molar-refractivity contribution in [3.63, 3.8) is 0 Å². The van der Waals surface area contributed by atoms with Gasteiger partial charge in [-0.05, 0) is 30.7 Å². The van der Waals surface area contributed by atoms with Gasteiger partial charge in [-0.2, -0.15) is 0 Å². The molecule has 0 saturated heterocycles. The SMILES string of the molecule is CCC(C(=O)Nc1ccccc1C(N)=O)n1c(=O)[nH]c2ccccc2c1=O. The molecule has 0 aliphatic heterocycles. The zero-order valence-corrected chi connectivity index (χ0v) is 14.6. The average molecular weight is 366 g/mol. The first kappa shape index (κ1) is 18.1. The monoisotopic (exact) mass is 366 g/mol. The maximum Gasteiger partial charge on any atom is 0.329 e. The van der Waals surface area contributed by atoms with Crippen LogP contribution in [0.3, 0.4) is 0 Å². The van der Waals surface area contributed by atoms with E-state index in [4.69, 9.17) is 5.73 Å². The molecule has 0 aliphatic carbocycles. The molecule has 0 radical (unpaired) electrons. The van der Waals surface area contributed by atoms with Crippen LogP contribution >= 0.6 is 0 Å². The van der Waals surface area contributed by atoms with Crippen LogP contribution in [0.15, 0.2) is 58.1 Å². The number of amides is 2. The fourth-order valence-electron chi connectivity index (χ4n) is 2.97. The van der Waals surface area contributed by atoms with Gasteiger partial charge in [0.1, 0.15) is 6.04 Å². The number of aromatic nitrogens is 2. The van der Waals surface area contributed by atoms with Gasteiger partial charge in [-0.3, -0.25) is 14.4 Å². The number of carbonyl (C=O) groups is 2. The molecule has 1 unspecified atom stereocenters. The number of fused-ring (bicyclic) bond motifs is 1. The van der Waals surface area contributed by atoms with E-state index >= 15 is 0 Å². The number of hydrogen-bond donors (Lipinski definition) is 3. The molecule has 8 heteroatoms. The van der Waals surface area contributed by atoms with Crippen molar-refractivity contribution >= 4 is 28.4 Å². The molecule has 2 aromatic carbocycles. The summed E-state index contributed by atoms with van der Waals surface area (Å²) >= 11 is 0. The molecule has 4 N–H and O–H groups in total. The second kappa shape index (κ2) is 7.28. The third kappa shape index (κ3) is 3.37. The number of hydrogen-bond acceptors (Lipinski definition) is 4. The van der Waals surface area contributed by atoms with Crippen molar-refractivity contribution in [1.29, 1.82) is 0 Å². The van der Waals surface area contributed by atoms with Crippen molar-refractivity contribution in [2.75, 3.05) is 5.32 Å². The molecule has 138 valence electrons. The van der Waals surface area contributed by atoms with Gasteiger partial charge in [0, 0.05) is 0 Å². The van der Waals surface area contributed by atoms with Crippen molar-refractivity contribution in [2.45, 2.75) is 19.4 Å². The van der Waals surface area contributed by atoms with Gasteiger partial charge < -0.3 is 16.0 Å². The first-order chi connectivity index (χ1) is 12.9. The van der Waals surface area contributed by atoms with Crippen molar-refractivity contribution in [2.24, 2.45) is 5.73 Å². The molecule has 3 aromatic rings. The maximum atomic E-state index is 12.8. The summed E-state index contributed by atoms with van der Waals surface area (Å²) in [7, 11) is 0. The molecule has 3 rings (SSSR count). The molecular formula is C19H18N4O4.